The van der Waals surface area contributed by atoms with Crippen LogP contribution in [-0.4, -0.2) is 39.0 Å². The molecule has 0 atom stereocenters. The molecule has 2 N–H and O–H groups in total. The lowest BCUT2D eigenvalue weighted by molar-refractivity contribution is 0.256. The molecule has 2 aliphatic rings. The number of hydrogen-bond donors (Lipinski definition) is 2. The van der Waals surface area contributed by atoms with Crippen LogP contribution in [-0.2, 0) is 22.9 Å². The molecule has 1 saturated carbocycles. The van der Waals surface area contributed by atoms with E-state index in [1.54, 1.807) is 40.1 Å². The zero-order chi connectivity index (χ0) is 20.0. The summed E-state index contributed by atoms with van der Waals surface area (Å²) in [7, 11) is -4.07. The molecule has 0 spiro atoms. The Labute approximate surface area is 167 Å². The third kappa shape index (κ3) is 3.37. The summed E-state index contributed by atoms with van der Waals surface area (Å²) in [4.78, 5) is 16.5. The fraction of sp³-hybridized carbons (Fsp3) is 0.333. The second-order valence-electron chi connectivity index (χ2n) is 7.17. The molecule has 11 heteroatoms. The van der Waals surface area contributed by atoms with Gasteiger partial charge in [0.15, 0.2) is 5.03 Å². The van der Waals surface area contributed by atoms with Crippen LogP contribution in [0.5, 0.6) is 0 Å². The first kappa shape index (κ1) is 17.9. The first-order chi connectivity index (χ1) is 14.0. The number of fused-ring (bicyclic) bond motifs is 1. The van der Waals surface area contributed by atoms with Gasteiger partial charge in [0.2, 0.25) is 0 Å². The number of pyridine rings is 1. The number of anilines is 1. The summed E-state index contributed by atoms with van der Waals surface area (Å²) in [6, 6.07) is 4.34. The van der Waals surface area contributed by atoms with Crippen LogP contribution in [0.1, 0.15) is 36.6 Å². The third-order valence-corrected chi connectivity index (χ3v) is 6.28. The smallest absolute Gasteiger partial charge is 0.291 e. The largest absolute Gasteiger partial charge is 0.334 e. The summed E-state index contributed by atoms with van der Waals surface area (Å²) in [5.74, 6) is 0.472. The van der Waals surface area contributed by atoms with Gasteiger partial charge in [-0.3, -0.25) is 15.0 Å². The van der Waals surface area contributed by atoms with Crippen molar-refractivity contribution in [3.8, 4) is 5.69 Å². The van der Waals surface area contributed by atoms with Gasteiger partial charge in [-0.05, 0) is 50.3 Å². The first-order valence-corrected chi connectivity index (χ1v) is 10.9. The van der Waals surface area contributed by atoms with Crippen molar-refractivity contribution in [3.63, 3.8) is 0 Å². The molecule has 2 aliphatic carbocycles. The molecule has 0 saturated heterocycles. The average molecular weight is 413 g/mol. The van der Waals surface area contributed by atoms with Gasteiger partial charge >= 0.3 is 6.03 Å². The minimum Gasteiger partial charge on any atom is -0.291 e. The summed E-state index contributed by atoms with van der Waals surface area (Å²) in [5, 5.41) is 11.2. The van der Waals surface area contributed by atoms with Gasteiger partial charge in [0.1, 0.15) is 5.82 Å². The highest BCUT2D eigenvalue weighted by molar-refractivity contribution is 7.90. The van der Waals surface area contributed by atoms with Gasteiger partial charge in [-0.1, -0.05) is 0 Å². The second kappa shape index (κ2) is 6.69. The molecule has 0 aromatic carbocycles. The van der Waals surface area contributed by atoms with Gasteiger partial charge in [0.05, 0.1) is 17.4 Å². The minimum absolute atomic E-state index is 0.174. The predicted octanol–water partition coefficient (Wildman–Crippen LogP) is 1.80. The Hall–Kier alpha value is -3.21. The van der Waals surface area contributed by atoms with Crippen molar-refractivity contribution in [3.05, 3.63) is 48.0 Å². The van der Waals surface area contributed by atoms with Gasteiger partial charge in [-0.2, -0.15) is 18.6 Å². The summed E-state index contributed by atoms with van der Waals surface area (Å²) in [5.41, 5.74) is 2.56. The van der Waals surface area contributed by atoms with Gasteiger partial charge in [-0.25, -0.2) is 14.2 Å². The number of carbonyl (C=O) groups is 1. The van der Waals surface area contributed by atoms with E-state index in [-0.39, 0.29) is 11.1 Å². The maximum Gasteiger partial charge on any atom is 0.334 e. The Morgan fingerprint density at radius 2 is 1.90 bits per heavy atom. The van der Waals surface area contributed by atoms with E-state index in [9.17, 15) is 13.2 Å². The number of nitrogens with zero attached hydrogens (tertiary/aromatic N) is 5. The number of sulfonamides is 1. The zero-order valence-corrected chi connectivity index (χ0v) is 16.3. The second-order valence-corrected chi connectivity index (χ2v) is 8.80. The molecule has 0 aliphatic heterocycles. The van der Waals surface area contributed by atoms with Crippen LogP contribution in [0, 0.1) is 0 Å². The van der Waals surface area contributed by atoms with Crippen molar-refractivity contribution < 1.29 is 13.2 Å². The SMILES string of the molecule is O=C(Nc1c2c(nn1-c1ccncc1)CCC2)NS(=O)(=O)c1ccn(C2CC2)n1. The number of nitrogens with one attached hydrogen (secondary N) is 2. The highest BCUT2D eigenvalue weighted by Crippen LogP contribution is 2.34. The van der Waals surface area contributed by atoms with Crippen molar-refractivity contribution in [1.29, 1.82) is 0 Å². The van der Waals surface area contributed by atoms with E-state index in [4.69, 9.17) is 0 Å². The van der Waals surface area contributed by atoms with Crippen LogP contribution in [0.4, 0.5) is 10.6 Å². The third-order valence-electron chi connectivity index (χ3n) is 5.05. The molecule has 10 nitrogen and oxygen atoms in total. The molecular weight excluding hydrogens is 394 g/mol. The van der Waals surface area contributed by atoms with E-state index in [0.717, 1.165) is 49.0 Å². The lowest BCUT2D eigenvalue weighted by atomic mass is 10.2. The van der Waals surface area contributed by atoms with Crippen LogP contribution in [0.15, 0.2) is 41.8 Å². The molecule has 3 aromatic rings. The van der Waals surface area contributed by atoms with Crippen molar-refractivity contribution in [2.24, 2.45) is 0 Å². The molecule has 0 radical (unpaired) electrons. The van der Waals surface area contributed by atoms with E-state index in [2.05, 4.69) is 20.5 Å². The zero-order valence-electron chi connectivity index (χ0n) is 15.4. The lowest BCUT2D eigenvalue weighted by Gasteiger charge is -2.11. The molecule has 3 heterocycles. The summed E-state index contributed by atoms with van der Waals surface area (Å²) >= 11 is 0. The fourth-order valence-corrected chi connectivity index (χ4v) is 4.35. The van der Waals surface area contributed by atoms with Crippen LogP contribution in [0.2, 0.25) is 0 Å². The summed E-state index contributed by atoms with van der Waals surface area (Å²) in [6.07, 6.45) is 9.39. The minimum atomic E-state index is -4.07. The number of hydrogen-bond acceptors (Lipinski definition) is 6. The highest BCUT2D eigenvalue weighted by atomic mass is 32.2. The number of rotatable bonds is 5. The molecule has 3 aromatic heterocycles. The average Bonchev–Trinajstić information content (AvgIpc) is 3.12. The first-order valence-electron chi connectivity index (χ1n) is 9.41. The number of aryl methyl sites for hydroxylation is 1. The molecule has 0 unspecified atom stereocenters. The molecule has 29 heavy (non-hydrogen) atoms. The predicted molar refractivity (Wildman–Crippen MR) is 103 cm³/mol. The summed E-state index contributed by atoms with van der Waals surface area (Å²) in [6.45, 7) is 0. The molecular formula is C18H19N7O3S. The number of aromatic nitrogens is 5. The van der Waals surface area contributed by atoms with E-state index < -0.39 is 16.1 Å². The van der Waals surface area contributed by atoms with Gasteiger partial charge in [-0.15, -0.1) is 0 Å². The molecule has 5 rings (SSSR count). The van der Waals surface area contributed by atoms with Gasteiger partial charge < -0.3 is 0 Å². The highest BCUT2D eigenvalue weighted by Gasteiger charge is 2.29. The van der Waals surface area contributed by atoms with Gasteiger partial charge in [0.25, 0.3) is 10.0 Å². The molecule has 1 fully saturated rings. The van der Waals surface area contributed by atoms with Crippen LogP contribution >= 0.6 is 0 Å². The number of amides is 2. The standard InChI is InChI=1S/C18H19N7O3S/c26-18(23-29(27,28)16-8-11-24(22-16)12-4-5-12)20-17-14-2-1-3-15(14)21-25(17)13-6-9-19-10-7-13/h6-12H,1-5H2,(H2,20,23,26). The Morgan fingerprint density at radius 1 is 1.10 bits per heavy atom. The van der Waals surface area contributed by atoms with E-state index >= 15 is 0 Å². The Bertz CT molecular complexity index is 1180. The Kier molecular flexibility index (Phi) is 4.12. The number of carbonyl (C=O) groups excluding carboxylic acids is 1. The topological polar surface area (TPSA) is 124 Å². The van der Waals surface area contributed by atoms with Crippen LogP contribution < -0.4 is 10.0 Å². The number of urea groups is 1. The van der Waals surface area contributed by atoms with Crippen LogP contribution in [0.3, 0.4) is 0 Å². The molecule has 150 valence electrons. The van der Waals surface area contributed by atoms with E-state index in [1.165, 1.54) is 6.07 Å². The van der Waals surface area contributed by atoms with Crippen molar-refractivity contribution in [2.75, 3.05) is 5.32 Å². The summed E-state index contributed by atoms with van der Waals surface area (Å²) < 4.78 is 30.4. The molecule has 2 amide bonds. The lowest BCUT2D eigenvalue weighted by Crippen LogP contribution is -2.35. The van der Waals surface area contributed by atoms with E-state index in [0.29, 0.717) is 5.82 Å². The van der Waals surface area contributed by atoms with Crippen molar-refractivity contribution in [1.82, 2.24) is 29.3 Å². The Balaban J connectivity index is 1.39. The normalized spacial score (nSPS) is 15.9. The van der Waals surface area contributed by atoms with E-state index in [1.807, 2.05) is 4.72 Å². The maximum atomic E-state index is 12.5. The van der Waals surface area contributed by atoms with Crippen molar-refractivity contribution >= 4 is 21.9 Å². The van der Waals surface area contributed by atoms with Crippen LogP contribution in [0.25, 0.3) is 5.69 Å². The van der Waals surface area contributed by atoms with Gasteiger partial charge in [0, 0.05) is 24.2 Å². The van der Waals surface area contributed by atoms with Crippen molar-refractivity contribution in [2.45, 2.75) is 43.2 Å². The fourth-order valence-electron chi connectivity index (χ4n) is 3.51. The quantitative estimate of drug-likeness (QED) is 0.657. The molecule has 0 bridgehead atoms. The maximum absolute atomic E-state index is 12.5. The Morgan fingerprint density at radius 3 is 2.66 bits per heavy atom. The monoisotopic (exact) mass is 413 g/mol.